The number of rotatable bonds is 6. The van der Waals surface area contributed by atoms with Crippen LogP contribution in [0.25, 0.3) is 11.1 Å². The lowest BCUT2D eigenvalue weighted by atomic mass is 9.95. The van der Waals surface area contributed by atoms with Gasteiger partial charge in [-0.15, -0.1) is 11.3 Å². The SMILES string of the molecule is CCC(=O)C(=O)Nc1nc(C(C)c2ccc(-c3ccccc3)c(F)c2)cs1. The molecule has 1 amide bonds. The van der Waals surface area contributed by atoms with Gasteiger partial charge in [-0.2, -0.15) is 0 Å². The van der Waals surface area contributed by atoms with Gasteiger partial charge in [0.25, 0.3) is 5.91 Å². The van der Waals surface area contributed by atoms with E-state index >= 15 is 0 Å². The fraction of sp³-hybridized carbons (Fsp3) is 0.190. The van der Waals surface area contributed by atoms with E-state index < -0.39 is 11.7 Å². The van der Waals surface area contributed by atoms with Crippen molar-refractivity contribution in [1.29, 1.82) is 0 Å². The van der Waals surface area contributed by atoms with Crippen LogP contribution in [0.1, 0.15) is 37.4 Å². The predicted molar refractivity (Wildman–Crippen MR) is 105 cm³/mol. The molecule has 0 aliphatic heterocycles. The molecular weight excluding hydrogens is 363 g/mol. The molecule has 3 rings (SSSR count). The van der Waals surface area contributed by atoms with Crippen molar-refractivity contribution in [1.82, 2.24) is 4.98 Å². The van der Waals surface area contributed by atoms with E-state index in [2.05, 4.69) is 10.3 Å². The number of amides is 1. The van der Waals surface area contributed by atoms with Crippen molar-refractivity contribution in [3.63, 3.8) is 0 Å². The summed E-state index contributed by atoms with van der Waals surface area (Å²) in [6.07, 6.45) is 0.146. The summed E-state index contributed by atoms with van der Waals surface area (Å²) in [6, 6.07) is 14.6. The number of carbonyl (C=O) groups excluding carboxylic acids is 2. The molecule has 0 aliphatic rings. The highest BCUT2D eigenvalue weighted by atomic mass is 32.1. The van der Waals surface area contributed by atoms with Crippen LogP contribution in [0.5, 0.6) is 0 Å². The maximum Gasteiger partial charge on any atom is 0.293 e. The summed E-state index contributed by atoms with van der Waals surface area (Å²) in [5, 5.41) is 4.68. The molecule has 1 heterocycles. The average Bonchev–Trinajstić information content (AvgIpc) is 3.15. The lowest BCUT2D eigenvalue weighted by molar-refractivity contribution is -0.134. The molecule has 4 nitrogen and oxygen atoms in total. The Bertz CT molecular complexity index is 969. The van der Waals surface area contributed by atoms with E-state index in [0.717, 1.165) is 11.1 Å². The molecule has 1 aromatic heterocycles. The molecule has 0 saturated heterocycles. The summed E-state index contributed by atoms with van der Waals surface area (Å²) < 4.78 is 14.6. The molecule has 1 atom stereocenters. The molecular formula is C21H19FN2O2S. The van der Waals surface area contributed by atoms with Gasteiger partial charge in [-0.3, -0.25) is 14.9 Å². The summed E-state index contributed by atoms with van der Waals surface area (Å²) in [7, 11) is 0. The van der Waals surface area contributed by atoms with E-state index in [1.165, 1.54) is 17.4 Å². The van der Waals surface area contributed by atoms with Gasteiger partial charge >= 0.3 is 0 Å². The van der Waals surface area contributed by atoms with E-state index in [-0.39, 0.29) is 18.2 Å². The third kappa shape index (κ3) is 4.28. The number of ketones is 1. The van der Waals surface area contributed by atoms with Crippen LogP contribution in [-0.4, -0.2) is 16.7 Å². The fourth-order valence-corrected chi connectivity index (χ4v) is 3.49. The molecule has 3 aromatic rings. The highest BCUT2D eigenvalue weighted by molar-refractivity contribution is 7.14. The number of hydrogen-bond acceptors (Lipinski definition) is 4. The summed E-state index contributed by atoms with van der Waals surface area (Å²) in [4.78, 5) is 27.4. The summed E-state index contributed by atoms with van der Waals surface area (Å²) >= 11 is 1.24. The van der Waals surface area contributed by atoms with E-state index in [1.54, 1.807) is 18.4 Å². The van der Waals surface area contributed by atoms with E-state index in [0.29, 0.717) is 16.4 Å². The van der Waals surface area contributed by atoms with Gasteiger partial charge in [0.05, 0.1) is 5.69 Å². The minimum Gasteiger partial charge on any atom is -0.295 e. The topological polar surface area (TPSA) is 59.1 Å². The second kappa shape index (κ2) is 8.22. The number of halogens is 1. The molecule has 6 heteroatoms. The highest BCUT2D eigenvalue weighted by Gasteiger charge is 2.17. The molecule has 0 saturated carbocycles. The zero-order chi connectivity index (χ0) is 19.4. The molecule has 0 fully saturated rings. The van der Waals surface area contributed by atoms with Crippen LogP contribution >= 0.6 is 11.3 Å². The second-order valence-electron chi connectivity index (χ2n) is 6.14. The number of nitrogens with zero attached hydrogens (tertiary/aromatic N) is 1. The number of aromatic nitrogens is 1. The van der Waals surface area contributed by atoms with E-state index in [1.807, 2.05) is 43.3 Å². The van der Waals surface area contributed by atoms with Gasteiger partial charge in [-0.25, -0.2) is 9.37 Å². The maximum absolute atomic E-state index is 14.6. The average molecular weight is 382 g/mol. The molecule has 138 valence electrons. The molecule has 2 aromatic carbocycles. The fourth-order valence-electron chi connectivity index (χ4n) is 2.69. The Hall–Kier alpha value is -2.86. The van der Waals surface area contributed by atoms with Crippen LogP contribution < -0.4 is 5.32 Å². The Morgan fingerprint density at radius 3 is 2.59 bits per heavy atom. The Kier molecular flexibility index (Phi) is 5.76. The predicted octanol–water partition coefficient (Wildman–Crippen LogP) is 5.02. The van der Waals surface area contributed by atoms with E-state index in [4.69, 9.17) is 0 Å². The second-order valence-corrected chi connectivity index (χ2v) is 6.99. The molecule has 0 spiro atoms. The van der Waals surface area contributed by atoms with Crippen molar-refractivity contribution in [3.8, 4) is 11.1 Å². The zero-order valence-corrected chi connectivity index (χ0v) is 15.8. The van der Waals surface area contributed by atoms with Crippen LogP contribution in [0.4, 0.5) is 9.52 Å². The lowest BCUT2D eigenvalue weighted by Crippen LogP contribution is -2.21. The number of nitrogens with one attached hydrogen (secondary N) is 1. The molecule has 0 bridgehead atoms. The van der Waals surface area contributed by atoms with Crippen LogP contribution in [0, 0.1) is 5.82 Å². The quantitative estimate of drug-likeness (QED) is 0.609. The molecule has 0 aliphatic carbocycles. The monoisotopic (exact) mass is 382 g/mol. The summed E-state index contributed by atoms with van der Waals surface area (Å²) in [5.41, 5.74) is 2.88. The number of anilines is 1. The summed E-state index contributed by atoms with van der Waals surface area (Å²) in [5.74, 6) is -1.58. The zero-order valence-electron chi connectivity index (χ0n) is 15.0. The van der Waals surface area contributed by atoms with Crippen molar-refractivity contribution in [3.05, 3.63) is 71.0 Å². The molecule has 1 N–H and O–H groups in total. The number of hydrogen-bond donors (Lipinski definition) is 1. The minimum atomic E-state index is -0.663. The molecule has 0 radical (unpaired) electrons. The van der Waals surface area contributed by atoms with Gasteiger partial charge in [0.15, 0.2) is 5.13 Å². The van der Waals surface area contributed by atoms with Crippen LogP contribution in [0.3, 0.4) is 0 Å². The number of benzene rings is 2. The first kappa shape index (κ1) is 18.9. The molecule has 27 heavy (non-hydrogen) atoms. The largest absolute Gasteiger partial charge is 0.295 e. The Balaban J connectivity index is 1.78. The van der Waals surface area contributed by atoms with Crippen LogP contribution in [0.15, 0.2) is 53.9 Å². The first-order valence-corrected chi connectivity index (χ1v) is 9.52. The van der Waals surface area contributed by atoms with Crippen molar-refractivity contribution >= 4 is 28.2 Å². The minimum absolute atomic E-state index is 0.145. The number of carbonyl (C=O) groups is 2. The van der Waals surface area contributed by atoms with Crippen molar-refractivity contribution in [2.45, 2.75) is 26.2 Å². The molecule has 1 unspecified atom stereocenters. The number of Topliss-reactive ketones (excluding diaryl/α,β-unsaturated/α-hetero) is 1. The normalized spacial score (nSPS) is 11.8. The van der Waals surface area contributed by atoms with Crippen molar-refractivity contribution < 1.29 is 14.0 Å². The number of thiazole rings is 1. The van der Waals surface area contributed by atoms with Gasteiger partial charge in [-0.1, -0.05) is 56.3 Å². The van der Waals surface area contributed by atoms with Crippen LogP contribution in [-0.2, 0) is 9.59 Å². The first-order chi connectivity index (χ1) is 13.0. The first-order valence-electron chi connectivity index (χ1n) is 8.64. The maximum atomic E-state index is 14.6. The standard InChI is InChI=1S/C21H19FN2O2S/c1-3-19(25)20(26)24-21-23-18(12-27-21)13(2)15-9-10-16(17(22)11-15)14-7-5-4-6-8-14/h4-13H,3H2,1-2H3,(H,23,24,26). The van der Waals surface area contributed by atoms with Crippen molar-refractivity contribution in [2.24, 2.45) is 0 Å². The smallest absolute Gasteiger partial charge is 0.293 e. The third-order valence-electron chi connectivity index (χ3n) is 4.34. The van der Waals surface area contributed by atoms with Gasteiger partial charge in [0.2, 0.25) is 5.78 Å². The third-order valence-corrected chi connectivity index (χ3v) is 5.11. The van der Waals surface area contributed by atoms with Crippen LogP contribution in [0.2, 0.25) is 0 Å². The highest BCUT2D eigenvalue weighted by Crippen LogP contribution is 2.31. The van der Waals surface area contributed by atoms with Crippen molar-refractivity contribution in [2.75, 3.05) is 5.32 Å². The Labute approximate surface area is 161 Å². The lowest BCUT2D eigenvalue weighted by Gasteiger charge is -2.11. The van der Waals surface area contributed by atoms with Gasteiger partial charge < -0.3 is 0 Å². The van der Waals surface area contributed by atoms with Gasteiger partial charge in [0.1, 0.15) is 5.82 Å². The summed E-state index contributed by atoms with van der Waals surface area (Å²) in [6.45, 7) is 3.56. The van der Waals surface area contributed by atoms with Gasteiger partial charge in [0, 0.05) is 23.3 Å². The Morgan fingerprint density at radius 2 is 1.93 bits per heavy atom. The Morgan fingerprint density at radius 1 is 1.19 bits per heavy atom. The van der Waals surface area contributed by atoms with E-state index in [9.17, 15) is 14.0 Å². The van der Waals surface area contributed by atoms with Gasteiger partial charge in [-0.05, 0) is 17.2 Å².